The summed E-state index contributed by atoms with van der Waals surface area (Å²) >= 11 is 0. The lowest BCUT2D eigenvalue weighted by Crippen LogP contribution is -2.29. The topological polar surface area (TPSA) is 123 Å². The molecule has 1 amide bonds. The summed E-state index contributed by atoms with van der Waals surface area (Å²) < 4.78 is 29.0. The van der Waals surface area contributed by atoms with Gasteiger partial charge >= 0.3 is 6.09 Å². The summed E-state index contributed by atoms with van der Waals surface area (Å²) in [7, 11) is 0. The lowest BCUT2D eigenvalue weighted by Gasteiger charge is -2.13. The fourth-order valence-electron chi connectivity index (χ4n) is 3.31. The van der Waals surface area contributed by atoms with Crippen LogP contribution in [-0.2, 0) is 0 Å². The van der Waals surface area contributed by atoms with E-state index in [9.17, 15) is 18.7 Å². The molecule has 30 heavy (non-hydrogen) atoms. The minimum Gasteiger partial charge on any atom is -0.465 e. The molecule has 1 aromatic carbocycles. The number of allylic oxidation sites excluding steroid dienone is 1. The van der Waals surface area contributed by atoms with Crippen molar-refractivity contribution < 1.29 is 18.7 Å². The molecule has 154 valence electrons. The number of halogens is 2. The zero-order valence-corrected chi connectivity index (χ0v) is 15.7. The van der Waals surface area contributed by atoms with Crippen molar-refractivity contribution in [2.24, 2.45) is 0 Å². The van der Waals surface area contributed by atoms with Gasteiger partial charge in [0.25, 0.3) is 0 Å². The fraction of sp³-hybridized carbons (Fsp3) is 0.211. The average Bonchev–Trinajstić information content (AvgIpc) is 3.06. The second kappa shape index (κ2) is 7.85. The largest absolute Gasteiger partial charge is 0.465 e. The standard InChI is InChI=1S/C19H17F2N7O2/c20-14-4-1-5-15(16(14)21)28-18(24-25-26-28)13-9-12(10-23-17(13)22)11-3-2-7-27(8-6-11)19(29)30/h1,4-6,9-10H,2-3,7-8H2,(H2,22,23)(H,29,30). The number of tetrazole rings is 1. The molecule has 11 heteroatoms. The highest BCUT2D eigenvalue weighted by Crippen LogP contribution is 2.30. The predicted octanol–water partition coefficient (Wildman–Crippen LogP) is 2.74. The van der Waals surface area contributed by atoms with E-state index < -0.39 is 17.7 Å². The number of aromatic nitrogens is 5. The van der Waals surface area contributed by atoms with Crippen molar-refractivity contribution >= 4 is 17.5 Å². The number of carboxylic acid groups (broad SMARTS) is 1. The highest BCUT2D eigenvalue weighted by molar-refractivity contribution is 5.76. The number of benzene rings is 1. The molecule has 1 aliphatic heterocycles. The Morgan fingerprint density at radius 3 is 2.90 bits per heavy atom. The minimum atomic E-state index is -1.09. The van der Waals surface area contributed by atoms with Gasteiger partial charge in [-0.3, -0.25) is 0 Å². The fourth-order valence-corrected chi connectivity index (χ4v) is 3.31. The molecule has 2 aromatic heterocycles. The van der Waals surface area contributed by atoms with E-state index in [2.05, 4.69) is 20.5 Å². The number of nitrogens with zero attached hydrogens (tertiary/aromatic N) is 6. The van der Waals surface area contributed by atoms with Gasteiger partial charge in [0.1, 0.15) is 11.5 Å². The molecule has 0 radical (unpaired) electrons. The Morgan fingerprint density at radius 2 is 2.10 bits per heavy atom. The third-order valence-electron chi connectivity index (χ3n) is 4.86. The summed E-state index contributed by atoms with van der Waals surface area (Å²) in [4.78, 5) is 16.7. The second-order valence-electron chi connectivity index (χ2n) is 6.71. The van der Waals surface area contributed by atoms with Crippen LogP contribution in [0.4, 0.5) is 19.4 Å². The Bertz CT molecular complexity index is 1150. The molecule has 0 saturated carbocycles. The van der Waals surface area contributed by atoms with E-state index in [0.29, 0.717) is 24.9 Å². The molecule has 4 rings (SSSR count). The van der Waals surface area contributed by atoms with E-state index in [1.54, 1.807) is 12.3 Å². The summed E-state index contributed by atoms with van der Waals surface area (Å²) in [6.45, 7) is 0.693. The molecule has 0 bridgehead atoms. The van der Waals surface area contributed by atoms with Crippen LogP contribution in [0.3, 0.4) is 0 Å². The highest BCUT2D eigenvalue weighted by atomic mass is 19.2. The van der Waals surface area contributed by atoms with Crippen LogP contribution in [0.2, 0.25) is 0 Å². The molecular formula is C19H17F2N7O2. The second-order valence-corrected chi connectivity index (χ2v) is 6.71. The molecule has 1 aliphatic rings. The third-order valence-corrected chi connectivity index (χ3v) is 4.86. The molecule has 0 spiro atoms. The van der Waals surface area contributed by atoms with Crippen molar-refractivity contribution in [1.82, 2.24) is 30.1 Å². The molecular weight excluding hydrogens is 396 g/mol. The van der Waals surface area contributed by atoms with Gasteiger partial charge in [0.2, 0.25) is 0 Å². The van der Waals surface area contributed by atoms with E-state index in [0.717, 1.165) is 21.9 Å². The molecule has 0 saturated heterocycles. The molecule has 0 aliphatic carbocycles. The number of anilines is 1. The summed E-state index contributed by atoms with van der Waals surface area (Å²) in [5, 5.41) is 20.5. The number of amides is 1. The maximum atomic E-state index is 14.3. The Kier molecular flexibility index (Phi) is 5.09. The number of rotatable bonds is 3. The highest BCUT2D eigenvalue weighted by Gasteiger charge is 2.21. The molecule has 0 unspecified atom stereocenters. The number of hydrogen-bond acceptors (Lipinski definition) is 6. The first kappa shape index (κ1) is 19.4. The molecule has 9 nitrogen and oxygen atoms in total. The van der Waals surface area contributed by atoms with Gasteiger partial charge in [-0.1, -0.05) is 12.1 Å². The Labute approximate surface area is 169 Å². The van der Waals surface area contributed by atoms with Gasteiger partial charge in [-0.05, 0) is 52.6 Å². The van der Waals surface area contributed by atoms with Gasteiger partial charge in [-0.2, -0.15) is 4.68 Å². The van der Waals surface area contributed by atoms with Gasteiger partial charge in [-0.15, -0.1) is 5.10 Å². The minimum absolute atomic E-state index is 0.104. The SMILES string of the molecule is Nc1ncc(C2=CCN(C(=O)O)CCC2)cc1-c1nnnn1-c1cccc(F)c1F. The van der Waals surface area contributed by atoms with Crippen molar-refractivity contribution in [1.29, 1.82) is 0 Å². The van der Waals surface area contributed by atoms with Crippen LogP contribution in [0.5, 0.6) is 0 Å². The number of hydrogen-bond donors (Lipinski definition) is 2. The molecule has 3 heterocycles. The quantitative estimate of drug-likeness (QED) is 0.677. The van der Waals surface area contributed by atoms with Crippen molar-refractivity contribution in [3.8, 4) is 17.1 Å². The van der Waals surface area contributed by atoms with Gasteiger partial charge in [-0.25, -0.2) is 18.6 Å². The van der Waals surface area contributed by atoms with Crippen LogP contribution in [0, 0.1) is 11.6 Å². The Balaban J connectivity index is 1.75. The maximum absolute atomic E-state index is 14.3. The normalized spacial score (nSPS) is 14.3. The van der Waals surface area contributed by atoms with Gasteiger partial charge in [0.15, 0.2) is 17.5 Å². The maximum Gasteiger partial charge on any atom is 0.407 e. The van der Waals surface area contributed by atoms with Crippen molar-refractivity contribution in [3.63, 3.8) is 0 Å². The zero-order chi connectivity index (χ0) is 21.3. The summed E-state index contributed by atoms with van der Waals surface area (Å²) in [5.74, 6) is -1.89. The van der Waals surface area contributed by atoms with E-state index in [1.807, 2.05) is 6.08 Å². The summed E-state index contributed by atoms with van der Waals surface area (Å²) in [5.41, 5.74) is 7.84. The third kappa shape index (κ3) is 3.56. The summed E-state index contributed by atoms with van der Waals surface area (Å²) in [6, 6.07) is 5.41. The van der Waals surface area contributed by atoms with E-state index >= 15 is 0 Å². The predicted molar refractivity (Wildman–Crippen MR) is 104 cm³/mol. The Hall–Kier alpha value is -3.89. The molecule has 0 atom stereocenters. The van der Waals surface area contributed by atoms with Crippen molar-refractivity contribution in [2.75, 3.05) is 18.8 Å². The van der Waals surface area contributed by atoms with Crippen LogP contribution in [-0.4, -0.2) is 54.4 Å². The van der Waals surface area contributed by atoms with Gasteiger partial charge in [0, 0.05) is 19.3 Å². The smallest absolute Gasteiger partial charge is 0.407 e. The van der Waals surface area contributed by atoms with Crippen molar-refractivity contribution in [3.05, 3.63) is 53.7 Å². The number of carbonyl (C=O) groups is 1. The Morgan fingerprint density at radius 1 is 1.27 bits per heavy atom. The van der Waals surface area contributed by atoms with Crippen LogP contribution in [0.15, 0.2) is 36.5 Å². The van der Waals surface area contributed by atoms with Gasteiger partial charge in [0.05, 0.1) is 5.56 Å². The zero-order valence-electron chi connectivity index (χ0n) is 15.7. The average molecular weight is 413 g/mol. The van der Waals surface area contributed by atoms with E-state index in [-0.39, 0.29) is 23.9 Å². The first-order valence-electron chi connectivity index (χ1n) is 9.11. The first-order valence-corrected chi connectivity index (χ1v) is 9.11. The van der Waals surface area contributed by atoms with Crippen LogP contribution < -0.4 is 5.73 Å². The van der Waals surface area contributed by atoms with Crippen LogP contribution in [0.1, 0.15) is 18.4 Å². The number of nitrogen functional groups attached to an aromatic ring is 1. The van der Waals surface area contributed by atoms with Crippen LogP contribution >= 0.6 is 0 Å². The molecule has 3 N–H and O–H groups in total. The lowest BCUT2D eigenvalue weighted by molar-refractivity contribution is 0.150. The van der Waals surface area contributed by atoms with Crippen molar-refractivity contribution in [2.45, 2.75) is 12.8 Å². The van der Waals surface area contributed by atoms with E-state index in [4.69, 9.17) is 5.73 Å². The number of nitrogens with two attached hydrogens (primary N) is 1. The number of pyridine rings is 1. The molecule has 3 aromatic rings. The van der Waals surface area contributed by atoms with Gasteiger partial charge < -0.3 is 15.7 Å². The van der Waals surface area contributed by atoms with Crippen LogP contribution in [0.25, 0.3) is 22.6 Å². The monoisotopic (exact) mass is 413 g/mol. The molecule has 0 fully saturated rings. The van der Waals surface area contributed by atoms with E-state index in [1.165, 1.54) is 17.0 Å². The summed E-state index contributed by atoms with van der Waals surface area (Å²) in [6.07, 6.45) is 3.74. The lowest BCUT2D eigenvalue weighted by atomic mass is 10.0. The first-order chi connectivity index (χ1) is 14.5.